The number of cyclic esters (lactones) is 2. The molecular formula is C25H31FN2O5. The Morgan fingerprint density at radius 1 is 1.09 bits per heavy atom. The maximum absolute atomic E-state index is 15.4. The molecular weight excluding hydrogens is 427 g/mol. The molecule has 0 bridgehead atoms. The van der Waals surface area contributed by atoms with E-state index >= 15 is 4.39 Å². The molecule has 4 aliphatic heterocycles. The summed E-state index contributed by atoms with van der Waals surface area (Å²) in [7, 11) is 0. The van der Waals surface area contributed by atoms with Gasteiger partial charge in [0.2, 0.25) is 0 Å². The summed E-state index contributed by atoms with van der Waals surface area (Å²) in [6, 6.07) is 3.56. The summed E-state index contributed by atoms with van der Waals surface area (Å²) in [5.74, 6) is -0.605. The van der Waals surface area contributed by atoms with Crippen LogP contribution >= 0.6 is 0 Å². The molecule has 4 heterocycles. The summed E-state index contributed by atoms with van der Waals surface area (Å²) in [6.45, 7) is 7.20. The van der Waals surface area contributed by atoms with Gasteiger partial charge in [0.15, 0.2) is 0 Å². The van der Waals surface area contributed by atoms with Crippen LogP contribution in [0.15, 0.2) is 23.4 Å². The van der Waals surface area contributed by atoms with E-state index in [1.165, 1.54) is 0 Å². The lowest BCUT2D eigenvalue weighted by Crippen LogP contribution is -2.53. The zero-order chi connectivity index (χ0) is 23.3. The number of carbonyl (C=O) groups is 2. The number of hydrogen-bond acceptors (Lipinski definition) is 7. The van der Waals surface area contributed by atoms with Gasteiger partial charge in [0.25, 0.3) is 0 Å². The first-order valence-electron chi connectivity index (χ1n) is 11.7. The normalized spacial score (nSPS) is 25.9. The third kappa shape index (κ3) is 3.83. The molecule has 7 nitrogen and oxygen atoms in total. The highest BCUT2D eigenvalue weighted by Gasteiger charge is 2.46. The number of aliphatic hydroxyl groups excluding tert-OH is 1. The number of fused-ring (bicyclic) bond motifs is 1. The second kappa shape index (κ2) is 8.40. The number of hydrogen-bond donors (Lipinski definition) is 1. The standard InChI is InChI=1S/C25H31FN2O5/c1-15-17(3-4-18-19(15)13-32-24(18)31)21(29)11-27-8-5-25(6-9-27)7-10-28(12-22(25)26)20-14-33-23(30)16(20)2/h3-4,21-22,29H,5-14H2,1-2H3/t21-,22-/m0/s1. The molecule has 0 saturated carbocycles. The van der Waals surface area contributed by atoms with Gasteiger partial charge in [-0.25, -0.2) is 14.0 Å². The Kier molecular flexibility index (Phi) is 5.69. The van der Waals surface area contributed by atoms with Crippen LogP contribution in [-0.2, 0) is 20.9 Å². The molecule has 0 unspecified atom stereocenters. The number of rotatable bonds is 4. The molecule has 33 heavy (non-hydrogen) atoms. The van der Waals surface area contributed by atoms with Crippen molar-refractivity contribution in [3.63, 3.8) is 0 Å². The van der Waals surface area contributed by atoms with E-state index in [-0.39, 0.29) is 30.6 Å². The predicted molar refractivity (Wildman–Crippen MR) is 118 cm³/mol. The molecule has 0 aliphatic carbocycles. The average molecular weight is 459 g/mol. The van der Waals surface area contributed by atoms with Gasteiger partial charge >= 0.3 is 11.9 Å². The number of halogens is 1. The van der Waals surface area contributed by atoms with Crippen molar-refractivity contribution in [3.8, 4) is 0 Å². The van der Waals surface area contributed by atoms with Crippen LogP contribution in [0.5, 0.6) is 0 Å². The van der Waals surface area contributed by atoms with Gasteiger partial charge in [0.05, 0.1) is 22.9 Å². The van der Waals surface area contributed by atoms with E-state index in [4.69, 9.17) is 9.47 Å². The fourth-order valence-electron chi connectivity index (χ4n) is 5.85. The van der Waals surface area contributed by atoms with Gasteiger partial charge in [-0.15, -0.1) is 0 Å². The van der Waals surface area contributed by atoms with E-state index in [1.54, 1.807) is 13.0 Å². The molecule has 178 valence electrons. The number of likely N-dealkylation sites (tertiary alicyclic amines) is 2. The molecule has 0 amide bonds. The molecule has 5 rings (SSSR count). The van der Waals surface area contributed by atoms with E-state index < -0.39 is 12.3 Å². The molecule has 2 saturated heterocycles. The molecule has 1 spiro atoms. The van der Waals surface area contributed by atoms with Gasteiger partial charge in [0.1, 0.15) is 19.4 Å². The average Bonchev–Trinajstić information content (AvgIpc) is 3.34. The summed E-state index contributed by atoms with van der Waals surface area (Å²) in [5.41, 5.74) is 4.27. The predicted octanol–water partition coefficient (Wildman–Crippen LogP) is 2.66. The van der Waals surface area contributed by atoms with Crippen LogP contribution in [0.2, 0.25) is 0 Å². The van der Waals surface area contributed by atoms with Crippen molar-refractivity contribution < 1.29 is 28.6 Å². The molecule has 0 aromatic heterocycles. The van der Waals surface area contributed by atoms with Crippen molar-refractivity contribution in [1.82, 2.24) is 9.80 Å². The largest absolute Gasteiger partial charge is 0.457 e. The molecule has 2 fully saturated rings. The maximum atomic E-state index is 15.4. The maximum Gasteiger partial charge on any atom is 0.338 e. The number of nitrogens with zero attached hydrogens (tertiary/aromatic N) is 2. The second-order valence-electron chi connectivity index (χ2n) is 9.87. The first kappa shape index (κ1) is 22.3. The van der Waals surface area contributed by atoms with E-state index in [0.29, 0.717) is 24.2 Å². The smallest absolute Gasteiger partial charge is 0.338 e. The Labute approximate surface area is 193 Å². The van der Waals surface area contributed by atoms with Crippen molar-refractivity contribution in [2.45, 2.75) is 52.0 Å². The number of β-amino-alcohol motifs (C(OH)–C–C–N with tert-alkyl or cyclic N) is 1. The Bertz CT molecular complexity index is 1010. The number of benzene rings is 1. The zero-order valence-corrected chi connectivity index (χ0v) is 19.2. The Hall–Kier alpha value is -2.45. The highest BCUT2D eigenvalue weighted by Crippen LogP contribution is 2.44. The molecule has 1 aromatic carbocycles. The van der Waals surface area contributed by atoms with E-state index in [2.05, 4.69) is 4.90 Å². The molecule has 2 atom stereocenters. The molecule has 1 aromatic rings. The lowest BCUT2D eigenvalue weighted by atomic mass is 9.69. The number of aliphatic hydroxyl groups is 1. The Morgan fingerprint density at radius 2 is 1.79 bits per heavy atom. The van der Waals surface area contributed by atoms with Crippen LogP contribution in [0, 0.1) is 12.3 Å². The number of piperidine rings is 2. The molecule has 4 aliphatic rings. The van der Waals surface area contributed by atoms with Gasteiger partial charge in [-0.2, -0.15) is 0 Å². The van der Waals surface area contributed by atoms with Crippen molar-refractivity contribution >= 4 is 11.9 Å². The van der Waals surface area contributed by atoms with Gasteiger partial charge in [0, 0.05) is 30.6 Å². The van der Waals surface area contributed by atoms with Crippen molar-refractivity contribution in [1.29, 1.82) is 0 Å². The minimum Gasteiger partial charge on any atom is -0.457 e. The molecule has 0 radical (unpaired) electrons. The van der Waals surface area contributed by atoms with E-state index in [0.717, 1.165) is 61.3 Å². The van der Waals surface area contributed by atoms with Gasteiger partial charge in [-0.1, -0.05) is 6.07 Å². The van der Waals surface area contributed by atoms with Gasteiger partial charge < -0.3 is 24.4 Å². The van der Waals surface area contributed by atoms with Gasteiger partial charge in [-0.05, 0) is 63.4 Å². The first-order chi connectivity index (χ1) is 15.8. The fraction of sp³-hybridized carbons (Fsp3) is 0.600. The van der Waals surface area contributed by atoms with Crippen molar-refractivity contribution in [2.24, 2.45) is 5.41 Å². The van der Waals surface area contributed by atoms with Crippen molar-refractivity contribution in [3.05, 3.63) is 45.7 Å². The third-order valence-corrected chi connectivity index (χ3v) is 8.24. The topological polar surface area (TPSA) is 79.3 Å². The Balaban J connectivity index is 1.19. The second-order valence-corrected chi connectivity index (χ2v) is 9.87. The summed E-state index contributed by atoms with van der Waals surface area (Å²) >= 11 is 0. The number of ether oxygens (including phenoxy) is 2. The zero-order valence-electron chi connectivity index (χ0n) is 19.2. The van der Waals surface area contributed by atoms with Crippen LogP contribution < -0.4 is 0 Å². The Morgan fingerprint density at radius 3 is 2.45 bits per heavy atom. The summed E-state index contributed by atoms with van der Waals surface area (Å²) < 4.78 is 25.6. The summed E-state index contributed by atoms with van der Waals surface area (Å²) in [5, 5.41) is 10.9. The number of esters is 2. The van der Waals surface area contributed by atoms with Crippen LogP contribution in [-0.4, -0.2) is 72.3 Å². The molecule has 8 heteroatoms. The lowest BCUT2D eigenvalue weighted by molar-refractivity contribution is -0.136. The highest BCUT2D eigenvalue weighted by molar-refractivity contribution is 5.94. The van der Waals surface area contributed by atoms with Gasteiger partial charge in [-0.3, -0.25) is 0 Å². The SMILES string of the molecule is CC1=C(N2CCC3(CCN(C[C@H](O)c4ccc5c(c4C)COC5=O)CC3)[C@@H](F)C2)COC1=O. The van der Waals surface area contributed by atoms with Crippen molar-refractivity contribution in [2.75, 3.05) is 39.3 Å². The van der Waals surface area contributed by atoms with Crippen LogP contribution in [0.25, 0.3) is 0 Å². The van der Waals surface area contributed by atoms with Crippen LogP contribution in [0.1, 0.15) is 59.3 Å². The monoisotopic (exact) mass is 458 g/mol. The molecule has 1 N–H and O–H groups in total. The van der Waals surface area contributed by atoms with Crippen LogP contribution in [0.4, 0.5) is 4.39 Å². The quantitative estimate of drug-likeness (QED) is 0.695. The minimum atomic E-state index is -0.953. The number of carbonyl (C=O) groups excluding carboxylic acids is 2. The first-order valence-corrected chi connectivity index (χ1v) is 11.7. The minimum absolute atomic E-state index is 0.248. The third-order valence-electron chi connectivity index (χ3n) is 8.24. The fourth-order valence-corrected chi connectivity index (χ4v) is 5.85. The lowest BCUT2D eigenvalue weighted by Gasteiger charge is -2.49. The van der Waals surface area contributed by atoms with Crippen LogP contribution in [0.3, 0.4) is 0 Å². The summed E-state index contributed by atoms with van der Waals surface area (Å²) in [6.07, 6.45) is 0.651. The number of alkyl halides is 1. The van der Waals surface area contributed by atoms with E-state index in [1.807, 2.05) is 17.9 Å². The summed E-state index contributed by atoms with van der Waals surface area (Å²) in [4.78, 5) is 27.6. The highest BCUT2D eigenvalue weighted by atomic mass is 19.1. The van der Waals surface area contributed by atoms with E-state index in [9.17, 15) is 14.7 Å².